The minimum atomic E-state index is -1.25. The zero-order chi connectivity index (χ0) is 9.56. The molecular formula is C7H12N2O3. The number of hydrogen-bond acceptors (Lipinski definition) is 3. The van der Waals surface area contributed by atoms with Crippen LogP contribution in [0.4, 0.5) is 4.79 Å². The average Bonchev–Trinajstić information content (AvgIpc) is 2.01. The summed E-state index contributed by atoms with van der Waals surface area (Å²) in [7, 11) is 0. The largest absolute Gasteiger partial charge is 0.464 e. The van der Waals surface area contributed by atoms with Gasteiger partial charge in [-0.1, -0.05) is 0 Å². The van der Waals surface area contributed by atoms with E-state index in [0.717, 1.165) is 0 Å². The van der Waals surface area contributed by atoms with E-state index in [0.29, 0.717) is 17.7 Å². The van der Waals surface area contributed by atoms with Crippen molar-refractivity contribution in [3.63, 3.8) is 0 Å². The van der Waals surface area contributed by atoms with Gasteiger partial charge in [-0.05, 0) is 19.8 Å². The van der Waals surface area contributed by atoms with Gasteiger partial charge in [-0.2, -0.15) is 5.26 Å². The molecule has 1 atom stereocenters. The van der Waals surface area contributed by atoms with E-state index in [1.807, 2.05) is 0 Å². The highest BCUT2D eigenvalue weighted by Gasteiger charge is 2.17. The zero-order valence-corrected chi connectivity index (χ0v) is 6.90. The van der Waals surface area contributed by atoms with Crippen LogP contribution in [0.5, 0.6) is 0 Å². The molecule has 0 aliphatic heterocycles. The lowest BCUT2D eigenvalue weighted by Crippen LogP contribution is -2.33. The lowest BCUT2D eigenvalue weighted by atomic mass is 10.2. The van der Waals surface area contributed by atoms with Crippen molar-refractivity contribution in [3.8, 4) is 6.19 Å². The number of rotatable bonds is 4. The van der Waals surface area contributed by atoms with Crippen LogP contribution in [0.1, 0.15) is 19.8 Å². The first kappa shape index (κ1) is 10.7. The summed E-state index contributed by atoms with van der Waals surface area (Å²) in [6.07, 6.45) is 1.32. The van der Waals surface area contributed by atoms with Gasteiger partial charge in [0, 0.05) is 12.6 Å². The molecule has 0 aliphatic rings. The van der Waals surface area contributed by atoms with Gasteiger partial charge in [-0.15, -0.1) is 0 Å². The van der Waals surface area contributed by atoms with Crippen molar-refractivity contribution < 1.29 is 15.0 Å². The highest BCUT2D eigenvalue weighted by Crippen LogP contribution is 2.04. The Morgan fingerprint density at radius 1 is 1.75 bits per heavy atom. The molecule has 0 fully saturated rings. The number of amides is 1. The Hall–Kier alpha value is -1.28. The van der Waals surface area contributed by atoms with Crippen LogP contribution in [0.3, 0.4) is 0 Å². The standard InChI is InChI=1S/C7H12N2O3/c1-6(3-2-4-10)9(5-8)7(11)12/h6,10H,2-4H2,1H3,(H,11,12). The normalized spacial score (nSPS) is 11.8. The average molecular weight is 172 g/mol. The molecule has 5 nitrogen and oxygen atoms in total. The van der Waals surface area contributed by atoms with Gasteiger partial charge in [0.05, 0.1) is 0 Å². The summed E-state index contributed by atoms with van der Waals surface area (Å²) in [5.41, 5.74) is 0. The molecule has 68 valence electrons. The Balaban J connectivity index is 3.96. The molecule has 2 N–H and O–H groups in total. The second kappa shape index (κ2) is 5.38. The van der Waals surface area contributed by atoms with Crippen LogP contribution in [0.2, 0.25) is 0 Å². The predicted octanol–water partition coefficient (Wildman–Crippen LogP) is 0.608. The fourth-order valence-electron chi connectivity index (χ4n) is 0.846. The van der Waals surface area contributed by atoms with Gasteiger partial charge >= 0.3 is 6.09 Å². The molecule has 12 heavy (non-hydrogen) atoms. The molecular weight excluding hydrogens is 160 g/mol. The van der Waals surface area contributed by atoms with Gasteiger partial charge in [-0.25, -0.2) is 9.69 Å². The second-order valence-electron chi connectivity index (χ2n) is 2.47. The molecule has 0 radical (unpaired) electrons. The molecule has 0 aromatic heterocycles. The lowest BCUT2D eigenvalue weighted by Gasteiger charge is -2.17. The summed E-state index contributed by atoms with van der Waals surface area (Å²) in [4.78, 5) is 11.1. The number of nitrogens with zero attached hydrogens (tertiary/aromatic N) is 2. The number of nitriles is 1. The van der Waals surface area contributed by atoms with E-state index in [1.54, 1.807) is 13.1 Å². The topological polar surface area (TPSA) is 84.6 Å². The van der Waals surface area contributed by atoms with E-state index in [1.165, 1.54) is 0 Å². The van der Waals surface area contributed by atoms with E-state index in [-0.39, 0.29) is 12.6 Å². The second-order valence-corrected chi connectivity index (χ2v) is 2.47. The maximum atomic E-state index is 10.4. The summed E-state index contributed by atoms with van der Waals surface area (Å²) >= 11 is 0. The number of carbonyl (C=O) groups is 1. The number of aliphatic hydroxyl groups excluding tert-OH is 1. The summed E-state index contributed by atoms with van der Waals surface area (Å²) in [6.45, 7) is 1.65. The third kappa shape index (κ3) is 3.21. The van der Waals surface area contributed by atoms with Gasteiger partial charge in [0.1, 0.15) is 0 Å². The van der Waals surface area contributed by atoms with Crippen molar-refractivity contribution in [2.45, 2.75) is 25.8 Å². The summed E-state index contributed by atoms with van der Waals surface area (Å²) in [5.74, 6) is 0. The highest BCUT2D eigenvalue weighted by atomic mass is 16.4. The van der Waals surface area contributed by atoms with Crippen LogP contribution in [0, 0.1) is 11.5 Å². The van der Waals surface area contributed by atoms with Crippen LogP contribution in [0.15, 0.2) is 0 Å². The number of carboxylic acid groups (broad SMARTS) is 1. The molecule has 0 saturated heterocycles. The van der Waals surface area contributed by atoms with E-state index in [4.69, 9.17) is 15.5 Å². The molecule has 0 spiro atoms. The maximum absolute atomic E-state index is 10.4. The third-order valence-corrected chi connectivity index (χ3v) is 1.53. The third-order valence-electron chi connectivity index (χ3n) is 1.53. The minimum Gasteiger partial charge on any atom is -0.464 e. The molecule has 0 saturated carbocycles. The van der Waals surface area contributed by atoms with Crippen molar-refractivity contribution in [2.24, 2.45) is 0 Å². The Bertz CT molecular complexity index is 188. The molecule has 1 amide bonds. The van der Waals surface area contributed by atoms with Crippen molar-refractivity contribution in [3.05, 3.63) is 0 Å². The van der Waals surface area contributed by atoms with Crippen LogP contribution >= 0.6 is 0 Å². The first-order chi connectivity index (χ1) is 5.63. The molecule has 0 aliphatic carbocycles. The molecule has 0 bridgehead atoms. The van der Waals surface area contributed by atoms with Crippen molar-refractivity contribution in [2.75, 3.05) is 6.61 Å². The van der Waals surface area contributed by atoms with Crippen molar-refractivity contribution in [1.82, 2.24) is 4.90 Å². The fourth-order valence-corrected chi connectivity index (χ4v) is 0.846. The van der Waals surface area contributed by atoms with Gasteiger partial charge in [-0.3, -0.25) is 0 Å². The van der Waals surface area contributed by atoms with E-state index in [9.17, 15) is 4.79 Å². The maximum Gasteiger partial charge on any atom is 0.420 e. The first-order valence-corrected chi connectivity index (χ1v) is 3.66. The van der Waals surface area contributed by atoms with E-state index >= 15 is 0 Å². The van der Waals surface area contributed by atoms with Gasteiger partial charge in [0.2, 0.25) is 0 Å². The van der Waals surface area contributed by atoms with Gasteiger partial charge < -0.3 is 10.2 Å². The Morgan fingerprint density at radius 3 is 2.67 bits per heavy atom. The van der Waals surface area contributed by atoms with E-state index < -0.39 is 6.09 Å². The van der Waals surface area contributed by atoms with E-state index in [2.05, 4.69) is 0 Å². The minimum absolute atomic E-state index is 0.0171. The molecule has 0 heterocycles. The quantitative estimate of drug-likeness (QED) is 0.480. The highest BCUT2D eigenvalue weighted by molar-refractivity contribution is 5.67. The number of hydrogen-bond donors (Lipinski definition) is 2. The molecule has 5 heteroatoms. The molecule has 0 aromatic rings. The monoisotopic (exact) mass is 172 g/mol. The summed E-state index contributed by atoms with van der Waals surface area (Å²) in [6, 6.07) is -0.361. The van der Waals surface area contributed by atoms with Crippen molar-refractivity contribution in [1.29, 1.82) is 5.26 Å². The Kier molecular flexibility index (Phi) is 4.81. The van der Waals surface area contributed by atoms with Crippen LogP contribution < -0.4 is 0 Å². The number of aliphatic hydroxyl groups is 1. The molecule has 0 aromatic carbocycles. The predicted molar refractivity (Wildman–Crippen MR) is 41.3 cm³/mol. The Labute approximate surface area is 70.8 Å². The zero-order valence-electron chi connectivity index (χ0n) is 6.90. The Morgan fingerprint density at radius 2 is 2.33 bits per heavy atom. The van der Waals surface area contributed by atoms with Crippen LogP contribution in [-0.4, -0.2) is 33.9 Å². The summed E-state index contributed by atoms with van der Waals surface area (Å²) in [5, 5.41) is 25.3. The lowest BCUT2D eigenvalue weighted by molar-refractivity contribution is 0.149. The van der Waals surface area contributed by atoms with Crippen LogP contribution in [0.25, 0.3) is 0 Å². The molecule has 1 unspecified atom stereocenters. The van der Waals surface area contributed by atoms with Gasteiger partial charge in [0.25, 0.3) is 0 Å². The van der Waals surface area contributed by atoms with Crippen molar-refractivity contribution >= 4 is 6.09 Å². The first-order valence-electron chi connectivity index (χ1n) is 3.66. The molecule has 0 rings (SSSR count). The fraction of sp³-hybridized carbons (Fsp3) is 0.714. The summed E-state index contributed by atoms with van der Waals surface area (Å²) < 4.78 is 0. The van der Waals surface area contributed by atoms with Gasteiger partial charge in [0.15, 0.2) is 6.19 Å². The smallest absolute Gasteiger partial charge is 0.420 e. The SMILES string of the molecule is CC(CCCO)N(C#N)C(=O)O. The van der Waals surface area contributed by atoms with Crippen LogP contribution in [-0.2, 0) is 0 Å².